The molecular formula is C28H32N6O5. The van der Waals surface area contributed by atoms with E-state index < -0.39 is 23.7 Å². The average Bonchev–Trinajstić information content (AvgIpc) is 3.37. The van der Waals surface area contributed by atoms with Gasteiger partial charge >= 0.3 is 12.1 Å². The van der Waals surface area contributed by atoms with E-state index in [2.05, 4.69) is 5.10 Å². The minimum atomic E-state index is -1.22. The van der Waals surface area contributed by atoms with Crippen molar-refractivity contribution in [3.63, 3.8) is 0 Å². The zero-order valence-corrected chi connectivity index (χ0v) is 22.2. The van der Waals surface area contributed by atoms with Crippen LogP contribution in [0.1, 0.15) is 37.9 Å². The summed E-state index contributed by atoms with van der Waals surface area (Å²) < 4.78 is 0.929. The number of piperidine rings is 1. The molecule has 2 aliphatic heterocycles. The summed E-state index contributed by atoms with van der Waals surface area (Å²) in [6, 6.07) is 13.5. The SMILES string of the molecule is CC(C)C(N)C(=O)N1CCC2(CC1)C(=O)N(C)C(=O)N2c1ccc2c(c1)c(Cc1ccccc1)nn2C(=O)O. The van der Waals surface area contributed by atoms with Gasteiger partial charge in [0.2, 0.25) is 5.91 Å². The van der Waals surface area contributed by atoms with E-state index in [0.29, 0.717) is 41.8 Å². The lowest BCUT2D eigenvalue weighted by atomic mass is 9.85. The second-order valence-electron chi connectivity index (χ2n) is 10.6. The number of hydrogen-bond donors (Lipinski definition) is 2. The Hall–Kier alpha value is -4.25. The quantitative estimate of drug-likeness (QED) is 0.481. The Bertz CT molecular complexity index is 1460. The fraction of sp³-hybridized carbons (Fsp3) is 0.393. The number of carboxylic acid groups (broad SMARTS) is 1. The van der Waals surface area contributed by atoms with Crippen molar-refractivity contribution >= 4 is 40.5 Å². The van der Waals surface area contributed by atoms with Crippen molar-refractivity contribution < 1.29 is 24.3 Å². The third kappa shape index (κ3) is 4.32. The topological polar surface area (TPSA) is 142 Å². The van der Waals surface area contributed by atoms with Crippen LogP contribution in [-0.4, -0.2) is 80.3 Å². The van der Waals surface area contributed by atoms with Gasteiger partial charge in [0.25, 0.3) is 5.91 Å². The zero-order valence-electron chi connectivity index (χ0n) is 22.2. The molecule has 1 atom stereocenters. The number of rotatable bonds is 5. The van der Waals surface area contributed by atoms with Gasteiger partial charge in [-0.1, -0.05) is 44.2 Å². The number of imide groups is 1. The normalized spacial score (nSPS) is 18.0. The first-order valence-corrected chi connectivity index (χ1v) is 13.0. The van der Waals surface area contributed by atoms with Crippen LogP contribution in [0, 0.1) is 5.92 Å². The van der Waals surface area contributed by atoms with Gasteiger partial charge in [0.1, 0.15) is 5.54 Å². The summed E-state index contributed by atoms with van der Waals surface area (Å²) in [5.74, 6) is -0.502. The maximum Gasteiger partial charge on any atom is 0.432 e. The Balaban J connectivity index is 1.53. The Kier molecular flexibility index (Phi) is 6.63. The van der Waals surface area contributed by atoms with Crippen LogP contribution in [0.5, 0.6) is 0 Å². The van der Waals surface area contributed by atoms with Gasteiger partial charge in [-0.05, 0) is 42.5 Å². The number of likely N-dealkylation sites (N-methyl/N-ethyl adjacent to an activating group) is 1. The van der Waals surface area contributed by atoms with Gasteiger partial charge in [-0.3, -0.25) is 19.4 Å². The van der Waals surface area contributed by atoms with Gasteiger partial charge < -0.3 is 15.7 Å². The Morgan fingerprint density at radius 1 is 1.08 bits per heavy atom. The van der Waals surface area contributed by atoms with Gasteiger partial charge in [0, 0.05) is 37.6 Å². The number of amides is 4. The van der Waals surface area contributed by atoms with E-state index in [1.54, 1.807) is 23.1 Å². The van der Waals surface area contributed by atoms with Crippen LogP contribution in [0.25, 0.3) is 10.9 Å². The third-order valence-electron chi connectivity index (χ3n) is 7.91. The van der Waals surface area contributed by atoms with Crippen LogP contribution < -0.4 is 10.6 Å². The van der Waals surface area contributed by atoms with Gasteiger partial charge in [-0.25, -0.2) is 9.59 Å². The van der Waals surface area contributed by atoms with Crippen LogP contribution >= 0.6 is 0 Å². The molecule has 0 aliphatic carbocycles. The summed E-state index contributed by atoms with van der Waals surface area (Å²) in [6.07, 6.45) is -0.289. The Morgan fingerprint density at radius 3 is 2.36 bits per heavy atom. The minimum Gasteiger partial charge on any atom is -0.463 e. The maximum absolute atomic E-state index is 13.5. The second kappa shape index (κ2) is 9.81. The number of carbonyl (C=O) groups is 4. The number of nitrogens with two attached hydrogens (primary N) is 1. The number of nitrogens with zero attached hydrogens (tertiary/aromatic N) is 5. The van der Waals surface area contributed by atoms with E-state index in [9.17, 15) is 24.3 Å². The largest absolute Gasteiger partial charge is 0.463 e. The monoisotopic (exact) mass is 532 g/mol. The van der Waals surface area contributed by atoms with Crippen LogP contribution in [0.3, 0.4) is 0 Å². The highest BCUT2D eigenvalue weighted by atomic mass is 16.4. The van der Waals surface area contributed by atoms with Crippen LogP contribution in [-0.2, 0) is 16.0 Å². The Labute approximate surface area is 225 Å². The number of aromatic nitrogens is 2. The number of hydrogen-bond acceptors (Lipinski definition) is 6. The first-order valence-electron chi connectivity index (χ1n) is 13.0. The molecule has 2 aromatic carbocycles. The number of likely N-dealkylation sites (tertiary alicyclic amines) is 1. The van der Waals surface area contributed by atoms with E-state index in [1.807, 2.05) is 44.2 Å². The molecule has 5 rings (SSSR count). The van der Waals surface area contributed by atoms with Crippen molar-refractivity contribution in [1.82, 2.24) is 19.6 Å². The summed E-state index contributed by atoms with van der Waals surface area (Å²) in [5, 5.41) is 14.7. The molecule has 2 aliphatic rings. The van der Waals surface area contributed by atoms with Crippen molar-refractivity contribution in [3.05, 3.63) is 59.8 Å². The first-order chi connectivity index (χ1) is 18.5. The van der Waals surface area contributed by atoms with Gasteiger partial charge in [0.15, 0.2) is 0 Å². The van der Waals surface area contributed by atoms with Crippen molar-refractivity contribution in [1.29, 1.82) is 0 Å². The fourth-order valence-corrected chi connectivity index (χ4v) is 5.59. The lowest BCUT2D eigenvalue weighted by Crippen LogP contribution is -2.59. The average molecular weight is 533 g/mol. The second-order valence-corrected chi connectivity index (χ2v) is 10.6. The van der Waals surface area contributed by atoms with E-state index in [0.717, 1.165) is 15.1 Å². The summed E-state index contributed by atoms with van der Waals surface area (Å²) >= 11 is 0. The van der Waals surface area contributed by atoms with E-state index in [1.165, 1.54) is 11.9 Å². The molecular weight excluding hydrogens is 500 g/mol. The number of urea groups is 1. The van der Waals surface area contributed by atoms with Gasteiger partial charge in [0.05, 0.1) is 17.3 Å². The lowest BCUT2D eigenvalue weighted by Gasteiger charge is -2.42. The molecule has 204 valence electrons. The van der Waals surface area contributed by atoms with Crippen LogP contribution in [0.15, 0.2) is 48.5 Å². The van der Waals surface area contributed by atoms with Crippen molar-refractivity contribution in [2.75, 3.05) is 25.0 Å². The zero-order chi connectivity index (χ0) is 28.1. The van der Waals surface area contributed by atoms with Crippen molar-refractivity contribution in [2.24, 2.45) is 11.7 Å². The molecule has 2 saturated heterocycles. The summed E-state index contributed by atoms with van der Waals surface area (Å²) in [7, 11) is 1.46. The molecule has 1 aromatic heterocycles. The third-order valence-corrected chi connectivity index (χ3v) is 7.91. The summed E-state index contributed by atoms with van der Waals surface area (Å²) in [5.41, 5.74) is 7.31. The number of benzene rings is 2. The smallest absolute Gasteiger partial charge is 0.432 e. The molecule has 3 N–H and O–H groups in total. The van der Waals surface area contributed by atoms with Gasteiger partial charge in [-0.15, -0.1) is 0 Å². The Morgan fingerprint density at radius 2 is 1.74 bits per heavy atom. The molecule has 3 aromatic rings. The molecule has 4 amide bonds. The highest BCUT2D eigenvalue weighted by Gasteiger charge is 2.58. The molecule has 1 unspecified atom stereocenters. The molecule has 39 heavy (non-hydrogen) atoms. The molecule has 0 bridgehead atoms. The summed E-state index contributed by atoms with van der Waals surface area (Å²) in [6.45, 7) is 4.36. The van der Waals surface area contributed by atoms with Gasteiger partial charge in [-0.2, -0.15) is 9.78 Å². The molecule has 2 fully saturated rings. The highest BCUT2D eigenvalue weighted by Crippen LogP contribution is 2.41. The number of carbonyl (C=O) groups excluding carboxylic acids is 3. The molecule has 3 heterocycles. The van der Waals surface area contributed by atoms with Crippen LogP contribution in [0.2, 0.25) is 0 Å². The van der Waals surface area contributed by atoms with E-state index >= 15 is 0 Å². The molecule has 0 radical (unpaired) electrons. The number of fused-ring (bicyclic) bond motifs is 1. The van der Waals surface area contributed by atoms with Crippen LogP contribution in [0.4, 0.5) is 15.3 Å². The molecule has 0 saturated carbocycles. The van der Waals surface area contributed by atoms with Crippen molar-refractivity contribution in [2.45, 2.75) is 44.7 Å². The lowest BCUT2D eigenvalue weighted by molar-refractivity contribution is -0.139. The molecule has 1 spiro atoms. The summed E-state index contributed by atoms with van der Waals surface area (Å²) in [4.78, 5) is 56.0. The highest BCUT2D eigenvalue weighted by molar-refractivity contribution is 6.17. The van der Waals surface area contributed by atoms with Crippen molar-refractivity contribution in [3.8, 4) is 0 Å². The standard InChI is InChI=1S/C28H32N6O5/c1-17(2)23(29)24(35)32-13-11-28(12-14-32)25(36)31(3)26(37)33(28)19-9-10-22-20(16-19)21(30-34(22)27(38)39)15-18-7-5-4-6-8-18/h4-10,16-17,23H,11-15,29H2,1-3H3,(H,38,39). The number of anilines is 1. The van der Waals surface area contributed by atoms with E-state index in [-0.39, 0.29) is 30.6 Å². The fourth-order valence-electron chi connectivity index (χ4n) is 5.59. The molecule has 11 heteroatoms. The predicted molar refractivity (Wildman–Crippen MR) is 144 cm³/mol. The predicted octanol–water partition coefficient (Wildman–Crippen LogP) is 2.90. The molecule has 11 nitrogen and oxygen atoms in total. The first kappa shape index (κ1) is 26.4. The maximum atomic E-state index is 13.5. The van der Waals surface area contributed by atoms with E-state index in [4.69, 9.17) is 5.73 Å². The minimum absolute atomic E-state index is 0.0192.